The highest BCUT2D eigenvalue weighted by molar-refractivity contribution is 5.81. The number of benzene rings is 1. The molecule has 0 N–H and O–H groups in total. The van der Waals surface area contributed by atoms with Crippen molar-refractivity contribution in [2.45, 2.75) is 43.6 Å². The molecule has 4 heterocycles. The molecule has 5 aliphatic rings. The first-order valence-electron chi connectivity index (χ1n) is 11.7. The van der Waals surface area contributed by atoms with Crippen LogP contribution in [-0.4, -0.2) is 79.5 Å². The molecule has 0 unspecified atom stereocenters. The van der Waals surface area contributed by atoms with E-state index < -0.39 is 5.92 Å². The third-order valence-electron chi connectivity index (χ3n) is 8.08. The van der Waals surface area contributed by atoms with Gasteiger partial charge in [-0.25, -0.2) is 13.6 Å². The lowest BCUT2D eigenvalue weighted by atomic mass is 9.61. The molecule has 6 rings (SSSR count). The van der Waals surface area contributed by atoms with Gasteiger partial charge in [0.1, 0.15) is 6.61 Å². The molecule has 8 heteroatoms. The van der Waals surface area contributed by atoms with E-state index in [2.05, 4.69) is 29.2 Å². The van der Waals surface area contributed by atoms with Gasteiger partial charge in [-0.1, -0.05) is 12.1 Å². The molecule has 0 aromatic heterocycles. The van der Waals surface area contributed by atoms with Crippen LogP contribution in [-0.2, 0) is 9.53 Å². The minimum atomic E-state index is -2.46. The number of anilines is 1. The second-order valence-electron chi connectivity index (χ2n) is 10.6. The molecule has 5 fully saturated rings. The maximum Gasteiger partial charge on any atom is 0.320 e. The van der Waals surface area contributed by atoms with E-state index in [-0.39, 0.29) is 48.7 Å². The van der Waals surface area contributed by atoms with E-state index in [1.807, 2.05) is 9.80 Å². The van der Waals surface area contributed by atoms with E-state index in [0.29, 0.717) is 38.5 Å². The summed E-state index contributed by atoms with van der Waals surface area (Å²) in [6, 6.07) is 8.44. The van der Waals surface area contributed by atoms with Crippen molar-refractivity contribution >= 4 is 17.5 Å². The van der Waals surface area contributed by atoms with Crippen molar-refractivity contribution in [3.8, 4) is 0 Å². The molecule has 6 nitrogen and oxygen atoms in total. The Labute approximate surface area is 186 Å². The Morgan fingerprint density at radius 1 is 1.03 bits per heavy atom. The van der Waals surface area contributed by atoms with Crippen LogP contribution in [0.3, 0.4) is 0 Å². The van der Waals surface area contributed by atoms with Gasteiger partial charge in [0.25, 0.3) is 0 Å². The number of hydrogen-bond donors (Lipinski definition) is 0. The number of fused-ring (bicyclic) bond motifs is 1. The summed E-state index contributed by atoms with van der Waals surface area (Å²) in [6.07, 6.45) is 1.49. The number of amides is 2. The zero-order valence-corrected chi connectivity index (χ0v) is 18.1. The van der Waals surface area contributed by atoms with Crippen molar-refractivity contribution in [3.63, 3.8) is 0 Å². The molecular formula is C24H29F2N3O3. The lowest BCUT2D eigenvalue weighted by Gasteiger charge is -2.59. The second-order valence-corrected chi connectivity index (χ2v) is 10.6. The Morgan fingerprint density at radius 2 is 1.75 bits per heavy atom. The maximum atomic E-state index is 13.2. The van der Waals surface area contributed by atoms with Gasteiger partial charge in [-0.2, -0.15) is 0 Å². The van der Waals surface area contributed by atoms with Crippen LogP contribution in [0.4, 0.5) is 19.3 Å². The molecule has 1 spiro atoms. The van der Waals surface area contributed by atoms with Crippen molar-refractivity contribution in [2.24, 2.45) is 11.3 Å². The zero-order chi connectivity index (χ0) is 22.1. The molecule has 0 radical (unpaired) electrons. The van der Waals surface area contributed by atoms with Crippen molar-refractivity contribution in [1.82, 2.24) is 9.80 Å². The third kappa shape index (κ3) is 3.47. The van der Waals surface area contributed by atoms with Crippen LogP contribution < -0.4 is 4.90 Å². The van der Waals surface area contributed by atoms with Crippen molar-refractivity contribution in [3.05, 3.63) is 29.8 Å². The lowest BCUT2D eigenvalue weighted by Crippen LogP contribution is -2.66. The molecule has 172 valence electrons. The summed E-state index contributed by atoms with van der Waals surface area (Å²) in [5.41, 5.74) is 2.14. The minimum Gasteiger partial charge on any atom is -0.370 e. The van der Waals surface area contributed by atoms with Gasteiger partial charge in [-0.15, -0.1) is 0 Å². The lowest BCUT2D eigenvalue weighted by molar-refractivity contribution is -0.170. The number of piperidine rings is 1. The number of hydrogen-bond acceptors (Lipinski definition) is 4. The Morgan fingerprint density at radius 3 is 2.44 bits per heavy atom. The number of nitrogens with zero attached hydrogens (tertiary/aromatic N) is 3. The highest BCUT2D eigenvalue weighted by Gasteiger charge is 2.61. The summed E-state index contributed by atoms with van der Waals surface area (Å²) in [6.45, 7) is 4.38. The number of carbonyl (C=O) groups excluding carboxylic acids is 2. The topological polar surface area (TPSA) is 53.1 Å². The van der Waals surface area contributed by atoms with Gasteiger partial charge in [0.15, 0.2) is 5.78 Å². The van der Waals surface area contributed by atoms with E-state index in [0.717, 1.165) is 25.2 Å². The minimum absolute atomic E-state index is 0.0300. The van der Waals surface area contributed by atoms with E-state index in [1.54, 1.807) is 0 Å². The maximum absolute atomic E-state index is 13.2. The molecule has 1 aliphatic carbocycles. The number of alkyl halides is 2. The van der Waals surface area contributed by atoms with Crippen LogP contribution in [0.1, 0.15) is 37.2 Å². The normalized spacial score (nSPS) is 30.9. The van der Waals surface area contributed by atoms with Crippen molar-refractivity contribution < 1.29 is 23.1 Å². The first-order valence-corrected chi connectivity index (χ1v) is 11.7. The number of carbonyl (C=O) groups is 2. The van der Waals surface area contributed by atoms with Gasteiger partial charge in [0, 0.05) is 81.5 Å². The molecule has 1 aromatic rings. The van der Waals surface area contributed by atoms with Gasteiger partial charge >= 0.3 is 6.03 Å². The molecule has 4 saturated heterocycles. The SMILES string of the molecule is O=C1CO[C@H]2CCN(C(=O)N3CC(c4ccc(N5CC6(C5)CC(F)(F)C6)cc4)C3)C[C@H]2C1. The zero-order valence-electron chi connectivity index (χ0n) is 18.1. The molecule has 32 heavy (non-hydrogen) atoms. The molecule has 4 aliphatic heterocycles. The fourth-order valence-electron chi connectivity index (χ4n) is 6.37. The number of likely N-dealkylation sites (tertiary alicyclic amines) is 2. The number of halogens is 2. The molecule has 2 amide bonds. The van der Waals surface area contributed by atoms with E-state index in [1.165, 1.54) is 5.56 Å². The average molecular weight is 446 g/mol. The first-order chi connectivity index (χ1) is 15.3. The molecular weight excluding hydrogens is 416 g/mol. The van der Waals surface area contributed by atoms with Crippen LogP contribution in [0.15, 0.2) is 24.3 Å². The number of ketones is 1. The Balaban J connectivity index is 0.992. The summed E-state index contributed by atoms with van der Waals surface area (Å²) in [4.78, 5) is 30.5. The smallest absolute Gasteiger partial charge is 0.320 e. The quantitative estimate of drug-likeness (QED) is 0.702. The van der Waals surface area contributed by atoms with Crippen LogP contribution in [0.25, 0.3) is 0 Å². The van der Waals surface area contributed by atoms with E-state index >= 15 is 0 Å². The predicted octanol–water partition coefficient (Wildman–Crippen LogP) is 3.12. The van der Waals surface area contributed by atoms with Crippen LogP contribution >= 0.6 is 0 Å². The van der Waals surface area contributed by atoms with Gasteiger partial charge in [0.2, 0.25) is 5.92 Å². The summed E-state index contributed by atoms with van der Waals surface area (Å²) in [5, 5.41) is 0. The first kappa shape index (κ1) is 20.4. The number of urea groups is 1. The predicted molar refractivity (Wildman–Crippen MR) is 114 cm³/mol. The summed E-state index contributed by atoms with van der Waals surface area (Å²) >= 11 is 0. The average Bonchev–Trinajstić information content (AvgIpc) is 2.69. The third-order valence-corrected chi connectivity index (χ3v) is 8.08. The number of Topliss-reactive ketones (excluding diaryl/α,β-unsaturated/α-hetero) is 1. The fraction of sp³-hybridized carbons (Fsp3) is 0.667. The summed E-state index contributed by atoms with van der Waals surface area (Å²) < 4.78 is 32.0. The number of ether oxygens (including phenoxy) is 1. The standard InChI is InChI=1S/C24H29F2N3O3/c25-24(26)12-23(13-24)14-29(15-23)19-3-1-16(2-4-19)18-9-28(10-18)22(31)27-6-5-21-17(8-27)7-20(30)11-32-21/h1-4,17-18,21H,5-15H2/t17-,21+/m1/s1. The Bertz CT molecular complexity index is 915. The van der Waals surface area contributed by atoms with E-state index in [4.69, 9.17) is 4.74 Å². The molecule has 2 atom stereocenters. The van der Waals surface area contributed by atoms with E-state index in [9.17, 15) is 18.4 Å². The van der Waals surface area contributed by atoms with Crippen molar-refractivity contribution in [2.75, 3.05) is 50.8 Å². The highest BCUT2D eigenvalue weighted by atomic mass is 19.3. The molecule has 0 bridgehead atoms. The summed E-state index contributed by atoms with van der Waals surface area (Å²) in [5.74, 6) is -1.86. The molecule has 1 saturated carbocycles. The largest absolute Gasteiger partial charge is 0.370 e. The van der Waals surface area contributed by atoms with Gasteiger partial charge < -0.3 is 19.4 Å². The van der Waals surface area contributed by atoms with Gasteiger partial charge in [-0.3, -0.25) is 4.79 Å². The van der Waals surface area contributed by atoms with Crippen LogP contribution in [0.5, 0.6) is 0 Å². The monoisotopic (exact) mass is 445 g/mol. The second kappa shape index (κ2) is 7.14. The Kier molecular flexibility index (Phi) is 4.55. The molecule has 1 aromatic carbocycles. The van der Waals surface area contributed by atoms with Gasteiger partial charge in [-0.05, 0) is 24.1 Å². The Hall–Kier alpha value is -2.22. The fourth-order valence-corrected chi connectivity index (χ4v) is 6.37. The van der Waals surface area contributed by atoms with Gasteiger partial charge in [0.05, 0.1) is 6.10 Å². The number of rotatable bonds is 2. The summed E-state index contributed by atoms with van der Waals surface area (Å²) in [7, 11) is 0. The van der Waals surface area contributed by atoms with Crippen LogP contribution in [0.2, 0.25) is 0 Å². The van der Waals surface area contributed by atoms with Crippen molar-refractivity contribution in [1.29, 1.82) is 0 Å². The van der Waals surface area contributed by atoms with Crippen LogP contribution in [0, 0.1) is 11.3 Å². The highest BCUT2D eigenvalue weighted by Crippen LogP contribution is 2.57.